The number of hydrogen-bond donors (Lipinski definition) is 8. The van der Waals surface area contributed by atoms with Crippen LogP contribution < -0.4 is 37.5 Å². The fraction of sp³-hybridized carbons (Fsp3) is 0.385. The summed E-state index contributed by atoms with van der Waals surface area (Å²) in [6, 6.07) is 8.20. The van der Waals surface area contributed by atoms with Gasteiger partial charge in [0.25, 0.3) is 17.4 Å². The van der Waals surface area contributed by atoms with Crippen LogP contribution >= 0.6 is 0 Å². The molecule has 3 aliphatic heterocycles. The molecule has 0 saturated carbocycles. The first-order valence-corrected chi connectivity index (χ1v) is 24.6. The minimum Gasteiger partial charge on any atom is -0.481 e. The Balaban J connectivity index is 0.838. The number of pyridine rings is 2. The predicted molar refractivity (Wildman–Crippen MR) is 263 cm³/mol. The van der Waals surface area contributed by atoms with Gasteiger partial charge in [-0.3, -0.25) is 52.8 Å². The van der Waals surface area contributed by atoms with Gasteiger partial charge in [0.2, 0.25) is 35.4 Å². The van der Waals surface area contributed by atoms with Crippen LogP contribution in [-0.2, 0) is 84.3 Å². The van der Waals surface area contributed by atoms with E-state index >= 15 is 4.39 Å². The molecule has 398 valence electrons. The van der Waals surface area contributed by atoms with E-state index in [-0.39, 0.29) is 62.4 Å². The van der Waals surface area contributed by atoms with Crippen molar-refractivity contribution >= 4 is 70.1 Å². The van der Waals surface area contributed by atoms with Crippen molar-refractivity contribution < 1.29 is 67.3 Å². The van der Waals surface area contributed by atoms with Crippen LogP contribution in [0.3, 0.4) is 0 Å². The molecule has 23 nitrogen and oxygen atoms in total. The highest BCUT2D eigenvalue weighted by atomic mass is 19.1. The van der Waals surface area contributed by atoms with Crippen LogP contribution in [-0.4, -0.2) is 122 Å². The second-order valence-corrected chi connectivity index (χ2v) is 18.8. The van der Waals surface area contributed by atoms with Crippen LogP contribution in [0.25, 0.3) is 22.3 Å². The molecular weight excluding hydrogens is 994 g/mol. The molecule has 4 aromatic rings. The summed E-state index contributed by atoms with van der Waals surface area (Å²) in [6.07, 6.45) is 1.81. The highest BCUT2D eigenvalue weighted by molar-refractivity contribution is 6.15. The Morgan fingerprint density at radius 1 is 0.855 bits per heavy atom. The third-order valence-corrected chi connectivity index (χ3v) is 13.9. The predicted octanol–water partition coefficient (Wildman–Crippen LogP) is -0.238. The molecule has 4 aliphatic rings. The van der Waals surface area contributed by atoms with E-state index < -0.39 is 121 Å². The van der Waals surface area contributed by atoms with Gasteiger partial charge in [0.1, 0.15) is 24.5 Å². The number of carboxylic acid groups (broad SMARTS) is 1. The summed E-state index contributed by atoms with van der Waals surface area (Å²) in [5, 5.41) is 36.4. The summed E-state index contributed by atoms with van der Waals surface area (Å²) >= 11 is 0. The summed E-state index contributed by atoms with van der Waals surface area (Å²) in [5.41, 5.74) is 1.93. The molecule has 1 aliphatic carbocycles. The van der Waals surface area contributed by atoms with Crippen molar-refractivity contribution in [3.05, 3.63) is 110 Å². The van der Waals surface area contributed by atoms with Crippen molar-refractivity contribution in [2.24, 2.45) is 0 Å². The quantitative estimate of drug-likeness (QED) is 0.0267. The van der Waals surface area contributed by atoms with Crippen LogP contribution in [0.1, 0.15) is 90.4 Å². The lowest BCUT2D eigenvalue weighted by Crippen LogP contribution is -2.53. The zero-order valence-corrected chi connectivity index (χ0v) is 41.3. The van der Waals surface area contributed by atoms with Crippen molar-refractivity contribution in [2.45, 2.75) is 102 Å². The molecule has 0 saturated heterocycles. The number of aryl methyl sites for hydroxylation is 1. The fourth-order valence-corrected chi connectivity index (χ4v) is 9.98. The third-order valence-electron chi connectivity index (χ3n) is 13.9. The average molecular weight is 1050 g/mol. The maximum atomic E-state index is 15.4. The van der Waals surface area contributed by atoms with Gasteiger partial charge in [-0.25, -0.2) is 14.2 Å². The van der Waals surface area contributed by atoms with Gasteiger partial charge in [0.05, 0.1) is 54.7 Å². The van der Waals surface area contributed by atoms with Gasteiger partial charge < -0.3 is 51.4 Å². The number of ether oxygens (including phenoxy) is 1. The number of nitrogens with zero attached hydrogens (tertiary/aromatic N) is 3. The Labute approximate surface area is 432 Å². The maximum absolute atomic E-state index is 15.4. The van der Waals surface area contributed by atoms with Crippen molar-refractivity contribution in [2.75, 3.05) is 26.2 Å². The number of aromatic nitrogens is 2. The minimum absolute atomic E-state index is 0.00915. The second-order valence-electron chi connectivity index (χ2n) is 18.8. The summed E-state index contributed by atoms with van der Waals surface area (Å²) < 4.78 is 22.1. The topological polar surface area (TPSA) is 331 Å². The lowest BCUT2D eigenvalue weighted by atomic mass is 9.81. The van der Waals surface area contributed by atoms with E-state index in [2.05, 4.69) is 31.9 Å². The van der Waals surface area contributed by atoms with Gasteiger partial charge in [0, 0.05) is 60.5 Å². The van der Waals surface area contributed by atoms with Gasteiger partial charge >= 0.3 is 11.9 Å². The van der Waals surface area contributed by atoms with Crippen LogP contribution in [0.5, 0.6) is 0 Å². The molecule has 8 rings (SSSR count). The van der Waals surface area contributed by atoms with Gasteiger partial charge in [0.15, 0.2) is 5.60 Å². The number of fused-ring (bicyclic) bond motifs is 5. The third kappa shape index (κ3) is 11.1. The molecule has 76 heavy (non-hydrogen) atoms. The molecule has 0 fully saturated rings. The minimum atomic E-state index is -2.05. The molecule has 2 aromatic heterocycles. The molecule has 0 spiro atoms. The Morgan fingerprint density at radius 2 is 1.54 bits per heavy atom. The van der Waals surface area contributed by atoms with E-state index in [1.807, 2.05) is 0 Å². The highest BCUT2D eigenvalue weighted by Crippen LogP contribution is 2.46. The van der Waals surface area contributed by atoms with E-state index in [4.69, 9.17) is 14.8 Å². The van der Waals surface area contributed by atoms with Crippen molar-refractivity contribution in [1.29, 1.82) is 0 Å². The lowest BCUT2D eigenvalue weighted by molar-refractivity contribution is -0.172. The maximum Gasteiger partial charge on any atom is 0.343 e. The Morgan fingerprint density at radius 3 is 2.24 bits per heavy atom. The lowest BCUT2D eigenvalue weighted by Gasteiger charge is -2.31. The number of aliphatic carboxylic acids is 1. The molecule has 24 heteroatoms. The van der Waals surface area contributed by atoms with E-state index in [9.17, 15) is 57.8 Å². The zero-order chi connectivity index (χ0) is 54.6. The highest BCUT2D eigenvalue weighted by Gasteiger charge is 2.46. The first-order chi connectivity index (χ1) is 36.3. The molecule has 0 bridgehead atoms. The van der Waals surface area contributed by atoms with Gasteiger partial charge in [-0.2, -0.15) is 0 Å². The normalized spacial score (nSPS) is 17.7. The number of imide groups is 1. The molecule has 5 heterocycles. The number of carbonyl (C=O) groups excluding carboxylic acids is 9. The molecule has 8 N–H and O–H groups in total. The number of hydrogen-bond acceptors (Lipinski definition) is 14. The number of nitrogens with one attached hydrogen (secondary N) is 6. The number of rotatable bonds is 21. The number of esters is 1. The molecule has 4 atom stereocenters. The van der Waals surface area contributed by atoms with E-state index in [1.165, 1.54) is 10.6 Å². The van der Waals surface area contributed by atoms with Gasteiger partial charge in [-0.15, -0.1) is 0 Å². The van der Waals surface area contributed by atoms with Crippen molar-refractivity contribution in [1.82, 2.24) is 46.4 Å². The van der Waals surface area contributed by atoms with Crippen molar-refractivity contribution in [3.8, 4) is 11.4 Å². The second kappa shape index (κ2) is 22.4. The summed E-state index contributed by atoms with van der Waals surface area (Å²) in [5.74, 6) is -8.61. The van der Waals surface area contributed by atoms with Crippen LogP contribution in [0.2, 0.25) is 0 Å². The monoisotopic (exact) mass is 1050 g/mol. The molecular formula is C52H54FN9O14. The summed E-state index contributed by atoms with van der Waals surface area (Å²) in [7, 11) is 0. The van der Waals surface area contributed by atoms with Crippen LogP contribution in [0.15, 0.2) is 59.4 Å². The average Bonchev–Trinajstić information content (AvgIpc) is 3.96. The van der Waals surface area contributed by atoms with E-state index in [0.717, 1.165) is 17.7 Å². The first kappa shape index (κ1) is 53.6. The number of halogens is 1. The number of amides is 8. The number of cyclic esters (lactones) is 1. The Bertz CT molecular complexity index is 3200. The van der Waals surface area contributed by atoms with Crippen LogP contribution in [0.4, 0.5) is 4.39 Å². The van der Waals surface area contributed by atoms with Crippen molar-refractivity contribution in [3.63, 3.8) is 0 Å². The van der Waals surface area contributed by atoms with Gasteiger partial charge in [-0.05, 0) is 67.3 Å². The number of aliphatic hydroxyl groups is 1. The molecule has 2 aromatic carbocycles. The number of carboxylic acids is 1. The number of benzene rings is 2. The molecule has 0 radical (unpaired) electrons. The standard InChI is InChI=1S/C52H54FN9O14/c1-3-52(75)31-19-37-47-29(24-61(37)50(73)30(31)25-76-51(52)74)46-33(12-11-28-26(2)32(53)20-34(60-47)45(28)46)58-38(63)10-7-17-54-39(64)21-56-48(71)35(18-27-8-5-4-6-9-27)59-41(66)23-55-40(65)22-57-49(72)36(13-16-44(69)70)62-42(67)14-15-43(62)68/h4-6,8-9,14-15,19-20,33,35-36,75H,3,7,10-13,16-18,21-25H2,1-2H3,(H,54,64)(H,55,65)(H,56,71)(H,57,72)(H,58,63)(H,59,66)(H,69,70)/t33-,35-,36-,52-/m0/s1. The first-order valence-electron chi connectivity index (χ1n) is 24.6. The SMILES string of the molecule is CC[C@@]1(O)C(=O)OCc2c1cc1n(c2=O)Cc2c-1nc1cc(F)c(C)c3c1c2[C@@H](NC(=O)CCCNC(=O)CNC(=O)[C@H](Cc1ccccc1)NC(=O)CNC(=O)CNC(=O)[C@H](CCC(=O)O)N1C(=O)C=CC1=O)CC3. The zero-order valence-electron chi connectivity index (χ0n) is 41.3. The fourth-order valence-electron chi connectivity index (χ4n) is 9.98. The number of carbonyl (C=O) groups is 10. The van der Waals surface area contributed by atoms with Crippen LogP contribution in [0, 0.1) is 12.7 Å². The smallest absolute Gasteiger partial charge is 0.343 e. The summed E-state index contributed by atoms with van der Waals surface area (Å²) in [6.45, 7) is 1.21. The molecule has 8 amide bonds. The largest absolute Gasteiger partial charge is 0.481 e. The van der Waals surface area contributed by atoms with E-state index in [1.54, 1.807) is 50.2 Å². The summed E-state index contributed by atoms with van der Waals surface area (Å²) in [4.78, 5) is 146. The Hall–Kier alpha value is -8.67. The van der Waals surface area contributed by atoms with E-state index in [0.29, 0.717) is 62.3 Å². The molecule has 0 unspecified atom stereocenters. The Kier molecular flexibility index (Phi) is 15.8. The van der Waals surface area contributed by atoms with Gasteiger partial charge in [-0.1, -0.05) is 37.3 Å².